The zero-order chi connectivity index (χ0) is 26.0. The van der Waals surface area contributed by atoms with Crippen LogP contribution in [0.25, 0.3) is 34.7 Å². The number of hydrogen-bond donors (Lipinski definition) is 0. The minimum atomic E-state index is -0.143. The second-order valence-electron chi connectivity index (χ2n) is 9.20. The van der Waals surface area contributed by atoms with Crippen LogP contribution in [-0.4, -0.2) is 27.5 Å². The SMILES string of the molecule is CCCCCCCC[I-]c1ncccc1/C=C/c1cc2nc3ccc(N(CC)CC)cc3oc-2cc1=O. The molecule has 2 aliphatic rings. The molecule has 1 aliphatic carbocycles. The molecule has 0 atom stereocenters. The number of anilines is 1. The molecule has 1 aliphatic heterocycles. The Morgan fingerprint density at radius 2 is 1.70 bits per heavy atom. The van der Waals surface area contributed by atoms with Gasteiger partial charge in [-0.05, 0) is 13.8 Å². The van der Waals surface area contributed by atoms with E-state index < -0.39 is 0 Å². The van der Waals surface area contributed by atoms with E-state index in [-0.39, 0.29) is 26.6 Å². The van der Waals surface area contributed by atoms with Crippen LogP contribution in [0.5, 0.6) is 0 Å². The van der Waals surface area contributed by atoms with Gasteiger partial charge in [0.05, 0.1) is 0 Å². The number of hydrogen-bond acceptors (Lipinski definition) is 5. The third-order valence-corrected chi connectivity index (χ3v) is 9.49. The Bertz CT molecular complexity index is 1360. The molecule has 0 radical (unpaired) electrons. The summed E-state index contributed by atoms with van der Waals surface area (Å²) in [6, 6.07) is 13.5. The van der Waals surface area contributed by atoms with E-state index in [0.717, 1.165) is 29.9 Å². The number of benzene rings is 2. The van der Waals surface area contributed by atoms with Crippen molar-refractivity contribution < 1.29 is 25.6 Å². The van der Waals surface area contributed by atoms with E-state index in [1.807, 2.05) is 42.6 Å². The third-order valence-electron chi connectivity index (χ3n) is 6.56. The van der Waals surface area contributed by atoms with E-state index in [1.165, 1.54) is 46.7 Å². The molecule has 0 fully saturated rings. The van der Waals surface area contributed by atoms with E-state index in [4.69, 9.17) is 9.40 Å². The average Bonchev–Trinajstić information content (AvgIpc) is 2.91. The second-order valence-corrected chi connectivity index (χ2v) is 12.1. The van der Waals surface area contributed by atoms with E-state index in [0.29, 0.717) is 22.6 Å². The van der Waals surface area contributed by atoms with Gasteiger partial charge in [-0.25, -0.2) is 0 Å². The van der Waals surface area contributed by atoms with Gasteiger partial charge in [0.15, 0.2) is 0 Å². The van der Waals surface area contributed by atoms with Crippen LogP contribution in [0.1, 0.15) is 70.4 Å². The molecule has 2 aromatic rings. The van der Waals surface area contributed by atoms with E-state index in [9.17, 15) is 4.79 Å². The molecule has 0 N–H and O–H groups in total. The number of aromatic nitrogens is 2. The molecule has 4 rings (SSSR count). The number of rotatable bonds is 13. The van der Waals surface area contributed by atoms with Gasteiger partial charge in [-0.2, -0.15) is 0 Å². The zero-order valence-corrected chi connectivity index (χ0v) is 24.3. The summed E-state index contributed by atoms with van der Waals surface area (Å²) < 4.78 is 8.56. The van der Waals surface area contributed by atoms with Crippen LogP contribution in [0.2, 0.25) is 0 Å². The van der Waals surface area contributed by atoms with Crippen molar-refractivity contribution in [2.45, 2.75) is 59.3 Å². The molecule has 5 nitrogen and oxygen atoms in total. The van der Waals surface area contributed by atoms with Crippen LogP contribution in [-0.2, 0) is 0 Å². The van der Waals surface area contributed by atoms with Crippen molar-refractivity contribution in [3.05, 3.63) is 73.7 Å². The van der Waals surface area contributed by atoms with Crippen LogP contribution in [0, 0.1) is 3.70 Å². The van der Waals surface area contributed by atoms with Gasteiger partial charge < -0.3 is 4.90 Å². The topological polar surface area (TPSA) is 59.2 Å². The first-order chi connectivity index (χ1) is 18.1. The summed E-state index contributed by atoms with van der Waals surface area (Å²) in [7, 11) is 0. The zero-order valence-electron chi connectivity index (χ0n) is 22.2. The first-order valence-electron chi connectivity index (χ1n) is 13.5. The maximum absolute atomic E-state index is 12.9. The van der Waals surface area contributed by atoms with Gasteiger partial charge in [0, 0.05) is 13.1 Å². The summed E-state index contributed by atoms with van der Waals surface area (Å²) in [6.45, 7) is 8.36. The van der Waals surface area contributed by atoms with Gasteiger partial charge in [-0.3, -0.25) is 0 Å². The molecule has 0 spiro atoms. The van der Waals surface area contributed by atoms with Crippen molar-refractivity contribution >= 4 is 28.9 Å². The third kappa shape index (κ3) is 7.18. The molecule has 0 bridgehead atoms. The number of fused-ring (bicyclic) bond motifs is 2. The quantitative estimate of drug-likeness (QED) is 0.0743. The van der Waals surface area contributed by atoms with Crippen molar-refractivity contribution in [1.29, 1.82) is 0 Å². The number of alkyl halides is 1. The van der Waals surface area contributed by atoms with Crippen molar-refractivity contribution in [1.82, 2.24) is 9.97 Å². The fourth-order valence-corrected chi connectivity index (χ4v) is 7.01. The molecule has 1 aromatic heterocycles. The molecular weight excluding hydrogens is 573 g/mol. The Balaban J connectivity index is 1.51. The summed E-state index contributed by atoms with van der Waals surface area (Å²) in [5.41, 5.74) is 4.90. The van der Waals surface area contributed by atoms with Gasteiger partial charge in [-0.15, -0.1) is 0 Å². The van der Waals surface area contributed by atoms with Crippen LogP contribution < -0.4 is 31.5 Å². The van der Waals surface area contributed by atoms with Gasteiger partial charge >= 0.3 is 200 Å². The normalized spacial score (nSPS) is 11.8. The van der Waals surface area contributed by atoms with Crippen molar-refractivity contribution in [2.24, 2.45) is 0 Å². The van der Waals surface area contributed by atoms with E-state index in [1.54, 1.807) is 6.07 Å². The standard InChI is InChI=1S/C31H37IN3O2/c1-4-7-8-9-10-11-18-32-31-23(13-12-19-33-31)14-15-24-20-27-30(22-28(24)36)37-29-21-25(35(5-2)6-3)16-17-26(29)34-27/h12-17,19-22H,4-11,18H2,1-3H3/q-1/b15-14+. The molecule has 0 saturated heterocycles. The summed E-state index contributed by atoms with van der Waals surface area (Å²) in [4.78, 5) is 24.6. The number of pyridine rings is 1. The fourth-order valence-electron chi connectivity index (χ4n) is 4.42. The average molecular weight is 611 g/mol. The Labute approximate surface area is 230 Å². The first kappa shape index (κ1) is 27.3. The van der Waals surface area contributed by atoms with Gasteiger partial charge in [0.25, 0.3) is 0 Å². The molecule has 6 heteroatoms. The summed E-state index contributed by atoms with van der Waals surface area (Å²) in [6.07, 6.45) is 13.7. The molecule has 0 amide bonds. The van der Waals surface area contributed by atoms with E-state index in [2.05, 4.69) is 42.8 Å². The van der Waals surface area contributed by atoms with Crippen LogP contribution in [0.3, 0.4) is 0 Å². The molecule has 196 valence electrons. The first-order valence-corrected chi connectivity index (χ1v) is 16.1. The van der Waals surface area contributed by atoms with Gasteiger partial charge in [0.1, 0.15) is 0 Å². The monoisotopic (exact) mass is 610 g/mol. The Morgan fingerprint density at radius 1 is 0.919 bits per heavy atom. The van der Waals surface area contributed by atoms with Gasteiger partial charge in [0.2, 0.25) is 0 Å². The fraction of sp³-hybridized carbons (Fsp3) is 0.387. The van der Waals surface area contributed by atoms with Crippen molar-refractivity contribution in [3.63, 3.8) is 0 Å². The maximum atomic E-state index is 12.9. The second kappa shape index (κ2) is 13.7. The molecule has 37 heavy (non-hydrogen) atoms. The molecular formula is C31H37IN3O2-. The molecule has 2 heterocycles. The predicted molar refractivity (Wildman–Crippen MR) is 151 cm³/mol. The number of nitrogens with zero attached hydrogens (tertiary/aromatic N) is 3. The number of halogens is 1. The summed E-state index contributed by atoms with van der Waals surface area (Å²) in [5, 5.41) is 0. The molecule has 0 unspecified atom stereocenters. The Morgan fingerprint density at radius 3 is 2.51 bits per heavy atom. The van der Waals surface area contributed by atoms with Crippen LogP contribution in [0.15, 0.2) is 57.9 Å². The van der Waals surface area contributed by atoms with Crippen LogP contribution in [0.4, 0.5) is 5.69 Å². The Kier molecular flexibility index (Phi) is 10.1. The molecule has 1 aromatic carbocycles. The molecule has 0 saturated carbocycles. The van der Waals surface area contributed by atoms with Crippen molar-refractivity contribution in [2.75, 3.05) is 22.4 Å². The van der Waals surface area contributed by atoms with E-state index >= 15 is 0 Å². The van der Waals surface area contributed by atoms with Crippen LogP contribution >= 0.6 is 0 Å². The summed E-state index contributed by atoms with van der Waals surface area (Å²) in [5.74, 6) is 0.512. The van der Waals surface area contributed by atoms with Gasteiger partial charge in [-0.1, -0.05) is 0 Å². The predicted octanol–water partition coefficient (Wildman–Crippen LogP) is 4.32. The summed E-state index contributed by atoms with van der Waals surface area (Å²) >= 11 is -0.143. The minimum absolute atomic E-state index is 0.0687. The Hall–Kier alpha value is -2.74. The number of unbranched alkanes of at least 4 members (excludes halogenated alkanes) is 5. The van der Waals surface area contributed by atoms with Crippen molar-refractivity contribution in [3.8, 4) is 11.5 Å².